The van der Waals surface area contributed by atoms with Crippen molar-refractivity contribution in [2.24, 2.45) is 5.92 Å². The van der Waals surface area contributed by atoms with Crippen molar-refractivity contribution in [3.8, 4) is 0 Å². The molecule has 2 aromatic heterocycles. The molecule has 4 rings (SSSR count). The van der Waals surface area contributed by atoms with Crippen LogP contribution >= 0.6 is 11.3 Å². The summed E-state index contributed by atoms with van der Waals surface area (Å²) >= 11 is 1.53. The molecule has 2 N–H and O–H groups in total. The molecule has 2 aliphatic carbocycles. The molecule has 2 aliphatic rings. The fourth-order valence-corrected chi connectivity index (χ4v) is 5.56. The zero-order chi connectivity index (χ0) is 20.1. The van der Waals surface area contributed by atoms with Crippen LogP contribution in [0.4, 0.5) is 5.69 Å². The molecule has 2 heterocycles. The molecule has 1 amide bonds. The number of nitrogens with one attached hydrogen (secondary N) is 2. The van der Waals surface area contributed by atoms with Gasteiger partial charge in [0.1, 0.15) is 9.71 Å². The summed E-state index contributed by atoms with van der Waals surface area (Å²) in [5.41, 5.74) is 2.00. The van der Waals surface area contributed by atoms with Gasteiger partial charge in [-0.25, -0.2) is 4.98 Å². The maximum absolute atomic E-state index is 13.0. The van der Waals surface area contributed by atoms with Crippen LogP contribution in [0.2, 0.25) is 0 Å². The van der Waals surface area contributed by atoms with Gasteiger partial charge in [-0.05, 0) is 44.2 Å². The number of aromatic nitrogens is 1. The number of aryl methyl sites for hydroxylation is 1. The highest BCUT2D eigenvalue weighted by Gasteiger charge is 2.26. The van der Waals surface area contributed by atoms with Crippen molar-refractivity contribution in [1.29, 1.82) is 0 Å². The van der Waals surface area contributed by atoms with Crippen LogP contribution in [0.5, 0.6) is 0 Å². The molecule has 0 saturated heterocycles. The Labute approximate surface area is 178 Å². The highest BCUT2D eigenvalue weighted by molar-refractivity contribution is 7.21. The van der Waals surface area contributed by atoms with Gasteiger partial charge in [-0.2, -0.15) is 0 Å². The van der Waals surface area contributed by atoms with Crippen LogP contribution in [0.3, 0.4) is 0 Å². The first-order chi connectivity index (χ1) is 14.2. The second kappa shape index (κ2) is 9.92. The first-order valence-corrected chi connectivity index (χ1v) is 12.5. The van der Waals surface area contributed by atoms with E-state index in [0.717, 1.165) is 45.4 Å². The van der Waals surface area contributed by atoms with E-state index in [2.05, 4.69) is 21.7 Å². The number of fused-ring (bicyclic) bond motifs is 1. The zero-order valence-corrected chi connectivity index (χ0v) is 18.6. The third kappa shape index (κ3) is 5.71. The number of nitrogens with zero attached hydrogens (tertiary/aromatic N) is 1. The van der Waals surface area contributed by atoms with E-state index in [9.17, 15) is 4.79 Å². The van der Waals surface area contributed by atoms with E-state index in [1.165, 1.54) is 82.0 Å². The second-order valence-corrected chi connectivity index (χ2v) is 9.99. The Morgan fingerprint density at radius 1 is 1.03 bits per heavy atom. The topological polar surface area (TPSA) is 54.0 Å². The van der Waals surface area contributed by atoms with Crippen LogP contribution in [0, 0.1) is 12.8 Å². The average molecular weight is 414 g/mol. The number of carbonyl (C=O) groups is 1. The number of anilines is 1. The smallest absolute Gasteiger partial charge is 0.263 e. The summed E-state index contributed by atoms with van der Waals surface area (Å²) in [5, 5.41) is 7.90. The van der Waals surface area contributed by atoms with Crippen molar-refractivity contribution in [2.75, 3.05) is 11.9 Å². The van der Waals surface area contributed by atoms with Gasteiger partial charge in [0.2, 0.25) is 0 Å². The maximum Gasteiger partial charge on any atom is 0.263 e. The minimum Gasteiger partial charge on any atom is -0.380 e. The van der Waals surface area contributed by atoms with E-state index in [1.807, 2.05) is 13.0 Å². The minimum absolute atomic E-state index is 0.0636. The lowest BCUT2D eigenvalue weighted by atomic mass is 9.90. The lowest BCUT2D eigenvalue weighted by Gasteiger charge is -2.18. The van der Waals surface area contributed by atoms with Crippen molar-refractivity contribution >= 4 is 33.1 Å². The van der Waals surface area contributed by atoms with Gasteiger partial charge in [0, 0.05) is 23.7 Å². The molecule has 2 fully saturated rings. The number of hydrogen-bond donors (Lipinski definition) is 2. The van der Waals surface area contributed by atoms with Crippen LogP contribution < -0.4 is 10.6 Å². The van der Waals surface area contributed by atoms with Gasteiger partial charge in [-0.1, -0.05) is 57.8 Å². The molecule has 4 nitrogen and oxygen atoms in total. The zero-order valence-electron chi connectivity index (χ0n) is 17.8. The van der Waals surface area contributed by atoms with Crippen molar-refractivity contribution in [1.82, 2.24) is 10.3 Å². The number of thiophene rings is 1. The van der Waals surface area contributed by atoms with Crippen molar-refractivity contribution in [3.63, 3.8) is 0 Å². The van der Waals surface area contributed by atoms with Crippen LogP contribution in [0.15, 0.2) is 12.1 Å². The first kappa shape index (κ1) is 20.6. The van der Waals surface area contributed by atoms with E-state index >= 15 is 0 Å². The van der Waals surface area contributed by atoms with E-state index in [4.69, 9.17) is 0 Å². The average Bonchev–Trinajstić information content (AvgIpc) is 3.47. The number of hydrogen-bond acceptors (Lipinski definition) is 4. The highest BCUT2D eigenvalue weighted by Crippen LogP contribution is 2.38. The third-order valence-corrected chi connectivity index (χ3v) is 7.49. The second-order valence-electron chi connectivity index (χ2n) is 8.99. The normalized spacial score (nSPS) is 19.2. The molecule has 2 saturated carbocycles. The molecule has 0 atom stereocenters. The fraction of sp³-hybridized carbons (Fsp3) is 0.667. The lowest BCUT2D eigenvalue weighted by Crippen LogP contribution is -2.26. The van der Waals surface area contributed by atoms with Gasteiger partial charge >= 0.3 is 0 Å². The van der Waals surface area contributed by atoms with E-state index in [1.54, 1.807) is 0 Å². The molecular formula is C24H35N3OS. The van der Waals surface area contributed by atoms with Gasteiger partial charge in [0.05, 0.1) is 5.69 Å². The molecule has 0 aromatic carbocycles. The van der Waals surface area contributed by atoms with E-state index in [-0.39, 0.29) is 5.91 Å². The van der Waals surface area contributed by atoms with Gasteiger partial charge in [0.25, 0.3) is 5.91 Å². The molecule has 0 spiro atoms. The number of amides is 1. The fourth-order valence-electron chi connectivity index (χ4n) is 4.46. The Morgan fingerprint density at radius 3 is 2.41 bits per heavy atom. The van der Waals surface area contributed by atoms with Crippen LogP contribution in [-0.2, 0) is 0 Å². The quantitative estimate of drug-likeness (QED) is 0.573. The number of carbonyl (C=O) groups excluding carboxylic acids is 1. The largest absolute Gasteiger partial charge is 0.380 e. The lowest BCUT2D eigenvalue weighted by molar-refractivity contribution is 0.0955. The van der Waals surface area contributed by atoms with Gasteiger partial charge in [-0.3, -0.25) is 4.79 Å². The number of rotatable bonds is 6. The Hall–Kier alpha value is -1.62. The summed E-state index contributed by atoms with van der Waals surface area (Å²) in [4.78, 5) is 19.4. The molecular weight excluding hydrogens is 378 g/mol. The summed E-state index contributed by atoms with van der Waals surface area (Å²) < 4.78 is 0. The van der Waals surface area contributed by atoms with Crippen molar-refractivity contribution in [2.45, 2.75) is 90.0 Å². The monoisotopic (exact) mass is 413 g/mol. The molecule has 29 heavy (non-hydrogen) atoms. The predicted molar refractivity (Wildman–Crippen MR) is 123 cm³/mol. The Morgan fingerprint density at radius 2 is 1.72 bits per heavy atom. The van der Waals surface area contributed by atoms with Gasteiger partial charge in [-0.15, -0.1) is 11.3 Å². The standard InChI is InChI=1S/C24H35N3OS/c1-17-11-14-20-21(27-19-12-13-19)22(29-24(20)26-17)23(28)25-16-15-18-9-7-5-3-2-4-6-8-10-18/h11,14,18-19,27H,2-10,12-13,15-16H2,1H3,(H,25,28). The number of pyridine rings is 1. The highest BCUT2D eigenvalue weighted by atomic mass is 32.1. The maximum atomic E-state index is 13.0. The van der Waals surface area contributed by atoms with Crippen LogP contribution in [-0.4, -0.2) is 23.5 Å². The van der Waals surface area contributed by atoms with E-state index < -0.39 is 0 Å². The summed E-state index contributed by atoms with van der Waals surface area (Å²) in [5.74, 6) is 0.831. The summed E-state index contributed by atoms with van der Waals surface area (Å²) in [6.45, 7) is 2.79. The summed E-state index contributed by atoms with van der Waals surface area (Å²) in [6, 6.07) is 4.66. The van der Waals surface area contributed by atoms with Crippen LogP contribution in [0.1, 0.15) is 92.4 Å². The van der Waals surface area contributed by atoms with Gasteiger partial charge in [0.15, 0.2) is 0 Å². The molecule has 2 aromatic rings. The van der Waals surface area contributed by atoms with Crippen LogP contribution in [0.25, 0.3) is 10.2 Å². The Balaban J connectivity index is 1.38. The predicted octanol–water partition coefficient (Wildman–Crippen LogP) is 6.44. The summed E-state index contributed by atoms with van der Waals surface area (Å²) in [7, 11) is 0. The minimum atomic E-state index is 0.0636. The van der Waals surface area contributed by atoms with Gasteiger partial charge < -0.3 is 10.6 Å². The molecule has 0 unspecified atom stereocenters. The van der Waals surface area contributed by atoms with Crippen molar-refractivity contribution in [3.05, 3.63) is 22.7 Å². The molecule has 0 bridgehead atoms. The van der Waals surface area contributed by atoms with E-state index in [0.29, 0.717) is 6.04 Å². The molecule has 158 valence electrons. The summed E-state index contributed by atoms with van der Waals surface area (Å²) in [6.07, 6.45) is 15.9. The molecule has 0 radical (unpaired) electrons. The SMILES string of the molecule is Cc1ccc2c(NC3CC3)c(C(=O)NCCC3CCCCCCCCC3)sc2n1. The van der Waals surface area contributed by atoms with Crippen molar-refractivity contribution < 1.29 is 4.79 Å². The third-order valence-electron chi connectivity index (χ3n) is 6.39. The molecule has 5 heteroatoms. The Kier molecular flexibility index (Phi) is 7.06. The molecule has 0 aliphatic heterocycles. The Bertz CT molecular complexity index is 817. The first-order valence-electron chi connectivity index (χ1n) is 11.7.